The number of allylic oxidation sites excluding steroid dienone is 6. The maximum absolute atomic E-state index is 12.7. The van der Waals surface area contributed by atoms with Crippen LogP contribution in [0.5, 0.6) is 0 Å². The second kappa shape index (κ2) is 41.6. The zero-order valence-electron chi connectivity index (χ0n) is 33.5. The Morgan fingerprint density at radius 2 is 0.840 bits per heavy atom. The monoisotopic (exact) mass is 701 g/mol. The molecule has 4 heteroatoms. The van der Waals surface area contributed by atoms with Crippen molar-refractivity contribution in [3.8, 4) is 0 Å². The van der Waals surface area contributed by atoms with Gasteiger partial charge in [-0.15, -0.1) is 0 Å². The quantitative estimate of drug-likeness (QED) is 0.0393. The number of ether oxygens (including phenoxy) is 1. The summed E-state index contributed by atoms with van der Waals surface area (Å²) in [6.07, 6.45) is 55.0. The number of hydrogen-bond acceptors (Lipinski definition) is 3. The lowest BCUT2D eigenvalue weighted by molar-refractivity contribution is -0.150. The van der Waals surface area contributed by atoms with Crippen molar-refractivity contribution in [1.82, 2.24) is 0 Å². The Balaban J connectivity index is 3.76. The molecular weight excluding hydrogens is 617 g/mol. The minimum Gasteiger partial charge on any atom is -0.481 e. The van der Waals surface area contributed by atoms with Gasteiger partial charge >= 0.3 is 11.9 Å². The van der Waals surface area contributed by atoms with Crippen LogP contribution < -0.4 is 0 Å². The van der Waals surface area contributed by atoms with E-state index in [-0.39, 0.29) is 12.1 Å². The van der Waals surface area contributed by atoms with Crippen LogP contribution in [0.15, 0.2) is 36.5 Å². The number of hydrogen-bond donors (Lipinski definition) is 1. The van der Waals surface area contributed by atoms with Gasteiger partial charge in [0.05, 0.1) is 0 Å². The predicted molar refractivity (Wildman–Crippen MR) is 218 cm³/mol. The first-order valence-electron chi connectivity index (χ1n) is 22.0. The average molecular weight is 701 g/mol. The molecular formula is C46H84O4. The van der Waals surface area contributed by atoms with Crippen molar-refractivity contribution in [3.63, 3.8) is 0 Å². The van der Waals surface area contributed by atoms with Crippen molar-refractivity contribution in [3.05, 3.63) is 36.5 Å². The number of rotatable bonds is 40. The van der Waals surface area contributed by atoms with Gasteiger partial charge in [-0.3, -0.25) is 9.59 Å². The molecule has 0 aromatic carbocycles. The van der Waals surface area contributed by atoms with Gasteiger partial charge in [-0.2, -0.15) is 0 Å². The fourth-order valence-electron chi connectivity index (χ4n) is 6.67. The minimum atomic E-state index is -0.665. The molecule has 0 saturated heterocycles. The third-order valence-corrected chi connectivity index (χ3v) is 9.88. The molecule has 0 saturated carbocycles. The first-order valence-corrected chi connectivity index (χ1v) is 22.0. The number of carbonyl (C=O) groups is 2. The molecule has 1 N–H and O–H groups in total. The van der Waals surface area contributed by atoms with E-state index in [1.54, 1.807) is 0 Å². The number of carboxylic acid groups (broad SMARTS) is 1. The summed E-state index contributed by atoms with van der Waals surface area (Å²) in [7, 11) is 0. The molecule has 0 aliphatic heterocycles. The predicted octanol–water partition coefficient (Wildman–Crippen LogP) is 15.3. The van der Waals surface area contributed by atoms with E-state index >= 15 is 0 Å². The van der Waals surface area contributed by atoms with Crippen molar-refractivity contribution in [2.75, 3.05) is 0 Å². The second-order valence-corrected chi connectivity index (χ2v) is 14.9. The van der Waals surface area contributed by atoms with E-state index in [1.165, 1.54) is 154 Å². The highest BCUT2D eigenvalue weighted by Gasteiger charge is 2.14. The molecule has 50 heavy (non-hydrogen) atoms. The molecule has 0 aromatic rings. The van der Waals surface area contributed by atoms with Gasteiger partial charge in [0.25, 0.3) is 0 Å². The lowest BCUT2D eigenvalue weighted by Crippen LogP contribution is -2.18. The summed E-state index contributed by atoms with van der Waals surface area (Å²) in [4.78, 5) is 23.2. The number of aliphatic carboxylic acids is 1. The van der Waals surface area contributed by atoms with E-state index in [0.717, 1.165) is 57.8 Å². The summed E-state index contributed by atoms with van der Waals surface area (Å²) in [6.45, 7) is 4.43. The zero-order valence-corrected chi connectivity index (χ0v) is 33.5. The minimum absolute atomic E-state index is 0.0397. The third kappa shape index (κ3) is 40.6. The van der Waals surface area contributed by atoms with Gasteiger partial charge < -0.3 is 9.84 Å². The molecule has 0 aliphatic rings. The highest BCUT2D eigenvalue weighted by atomic mass is 16.5. The molecule has 0 bridgehead atoms. The van der Waals surface area contributed by atoms with Crippen LogP contribution in [0, 0.1) is 0 Å². The van der Waals surface area contributed by atoms with Crippen LogP contribution >= 0.6 is 0 Å². The van der Waals surface area contributed by atoms with Gasteiger partial charge in [-0.25, -0.2) is 0 Å². The van der Waals surface area contributed by atoms with Crippen LogP contribution in [0.1, 0.15) is 239 Å². The van der Waals surface area contributed by atoms with Gasteiger partial charge in [0.1, 0.15) is 6.10 Å². The maximum Gasteiger partial charge on any atom is 0.306 e. The van der Waals surface area contributed by atoms with Gasteiger partial charge in [0.2, 0.25) is 0 Å². The molecule has 0 aromatic heterocycles. The van der Waals surface area contributed by atoms with Gasteiger partial charge in [0.15, 0.2) is 0 Å². The summed E-state index contributed by atoms with van der Waals surface area (Å²) in [6, 6.07) is 0. The van der Waals surface area contributed by atoms with Crippen molar-refractivity contribution in [1.29, 1.82) is 0 Å². The van der Waals surface area contributed by atoms with E-state index in [1.807, 2.05) is 0 Å². The second-order valence-electron chi connectivity index (χ2n) is 14.9. The Morgan fingerprint density at radius 3 is 1.30 bits per heavy atom. The maximum atomic E-state index is 12.7. The lowest BCUT2D eigenvalue weighted by Gasteiger charge is -2.18. The molecule has 4 nitrogen and oxygen atoms in total. The van der Waals surface area contributed by atoms with Gasteiger partial charge in [-0.1, -0.05) is 192 Å². The van der Waals surface area contributed by atoms with E-state index in [0.29, 0.717) is 12.8 Å². The van der Waals surface area contributed by atoms with Crippen LogP contribution in [0.25, 0.3) is 0 Å². The normalized spacial score (nSPS) is 12.5. The Labute approximate surface area is 311 Å². The summed E-state index contributed by atoms with van der Waals surface area (Å²) in [5.74, 6) is -0.626. The van der Waals surface area contributed by atoms with E-state index in [2.05, 4.69) is 50.3 Å². The fourth-order valence-corrected chi connectivity index (χ4v) is 6.67. The molecule has 0 aliphatic carbocycles. The lowest BCUT2D eigenvalue weighted by atomic mass is 10.0. The number of unbranched alkanes of at least 4 members (excludes halogenated alkanes) is 25. The number of esters is 1. The van der Waals surface area contributed by atoms with Crippen LogP contribution in [0.2, 0.25) is 0 Å². The average Bonchev–Trinajstić information content (AvgIpc) is 3.10. The van der Waals surface area contributed by atoms with Crippen LogP contribution in [0.4, 0.5) is 0 Å². The Bertz CT molecular complexity index is 798. The Hall–Kier alpha value is -1.84. The molecule has 0 heterocycles. The summed E-state index contributed by atoms with van der Waals surface area (Å²) < 4.78 is 6.02. The summed E-state index contributed by atoms with van der Waals surface area (Å²) in [5, 5.41) is 8.69. The van der Waals surface area contributed by atoms with Gasteiger partial charge in [-0.05, 0) is 70.6 Å². The molecule has 0 radical (unpaired) electrons. The molecule has 292 valence electrons. The summed E-state index contributed by atoms with van der Waals surface area (Å²) >= 11 is 0. The third-order valence-electron chi connectivity index (χ3n) is 9.88. The highest BCUT2D eigenvalue weighted by molar-refractivity contribution is 5.69. The molecule has 1 unspecified atom stereocenters. The summed E-state index contributed by atoms with van der Waals surface area (Å²) in [5.41, 5.74) is 0. The van der Waals surface area contributed by atoms with Crippen LogP contribution in [0.3, 0.4) is 0 Å². The zero-order chi connectivity index (χ0) is 36.4. The first kappa shape index (κ1) is 48.2. The Morgan fingerprint density at radius 1 is 0.460 bits per heavy atom. The van der Waals surface area contributed by atoms with E-state index in [9.17, 15) is 9.59 Å². The van der Waals surface area contributed by atoms with E-state index < -0.39 is 5.97 Å². The van der Waals surface area contributed by atoms with Crippen LogP contribution in [-0.2, 0) is 14.3 Å². The van der Waals surface area contributed by atoms with Crippen molar-refractivity contribution in [2.45, 2.75) is 245 Å². The van der Waals surface area contributed by atoms with Crippen molar-refractivity contribution >= 4 is 11.9 Å². The molecule has 0 amide bonds. The smallest absolute Gasteiger partial charge is 0.306 e. The van der Waals surface area contributed by atoms with Crippen LogP contribution in [-0.4, -0.2) is 23.1 Å². The Kier molecular flexibility index (Phi) is 40.0. The number of carboxylic acids is 1. The molecule has 1 atom stereocenters. The van der Waals surface area contributed by atoms with E-state index in [4.69, 9.17) is 9.84 Å². The largest absolute Gasteiger partial charge is 0.481 e. The topological polar surface area (TPSA) is 63.6 Å². The van der Waals surface area contributed by atoms with Crippen molar-refractivity contribution < 1.29 is 19.4 Å². The molecule has 0 rings (SSSR count). The first-order chi connectivity index (χ1) is 24.6. The fraction of sp³-hybridized carbons (Fsp3) is 0.826. The van der Waals surface area contributed by atoms with Gasteiger partial charge in [0, 0.05) is 12.8 Å². The number of carbonyl (C=O) groups excluding carboxylic acids is 1. The molecule has 0 fully saturated rings. The standard InChI is InChI=1S/C46H84O4/c1-3-5-7-9-10-11-12-13-14-15-16-17-18-23-26-29-32-35-39-43-46(49)50-44(40-36-8-6-4-2)41-37-33-30-27-24-21-19-20-22-25-28-31-34-38-42-45(47)48/h5,7,10-11,13-14,44H,3-4,6,8-9,12,15-43H2,1-2H3,(H,47,48)/b7-5-,11-10-,14-13-. The highest BCUT2D eigenvalue weighted by Crippen LogP contribution is 2.19. The SMILES string of the molecule is CC/C=C\C/C=C\C/C=C\CCCCCCCCCCCC(=O)OC(CCCCCC)CCCCCCCCCCCCCCCCC(=O)O. The van der Waals surface area contributed by atoms with Crippen molar-refractivity contribution in [2.24, 2.45) is 0 Å². The molecule has 0 spiro atoms.